The Morgan fingerprint density at radius 2 is 1.88 bits per heavy atom. The van der Waals surface area contributed by atoms with E-state index in [-0.39, 0.29) is 11.5 Å². The van der Waals surface area contributed by atoms with Gasteiger partial charge in [-0.1, -0.05) is 0 Å². The monoisotopic (exact) mass is 356 g/mol. The van der Waals surface area contributed by atoms with Crippen LogP contribution in [0.3, 0.4) is 0 Å². The van der Waals surface area contributed by atoms with Gasteiger partial charge in [-0.15, -0.1) is 0 Å². The minimum Gasteiger partial charge on any atom is -0.465 e. The Balaban J connectivity index is 1.96. The van der Waals surface area contributed by atoms with Gasteiger partial charge in [-0.05, 0) is 55.0 Å². The molecule has 2 aromatic carbocycles. The van der Waals surface area contributed by atoms with E-state index in [0.29, 0.717) is 23.5 Å². The SMILES string of the molecule is CCN1C(=O)C(C(=O)Nc2ccc(F)cc2)c2cc(C(=O)OC)ccc21. The van der Waals surface area contributed by atoms with Crippen LogP contribution in [0.4, 0.5) is 15.8 Å². The second kappa shape index (κ2) is 6.95. The molecule has 1 unspecified atom stereocenters. The van der Waals surface area contributed by atoms with E-state index < -0.39 is 23.6 Å². The van der Waals surface area contributed by atoms with E-state index >= 15 is 0 Å². The highest BCUT2D eigenvalue weighted by Gasteiger charge is 2.41. The molecule has 2 aromatic rings. The fraction of sp³-hybridized carbons (Fsp3) is 0.211. The van der Waals surface area contributed by atoms with E-state index in [1.54, 1.807) is 19.1 Å². The summed E-state index contributed by atoms with van der Waals surface area (Å²) in [6.07, 6.45) is 0. The van der Waals surface area contributed by atoms with Crippen molar-refractivity contribution in [3.05, 3.63) is 59.4 Å². The number of nitrogens with one attached hydrogen (secondary N) is 1. The van der Waals surface area contributed by atoms with Gasteiger partial charge in [-0.25, -0.2) is 9.18 Å². The first-order chi connectivity index (χ1) is 12.5. The third kappa shape index (κ3) is 3.03. The largest absolute Gasteiger partial charge is 0.465 e. The molecule has 0 bridgehead atoms. The Kier molecular flexibility index (Phi) is 4.71. The zero-order valence-electron chi connectivity index (χ0n) is 14.3. The number of anilines is 2. The molecule has 7 heteroatoms. The molecule has 1 N–H and O–H groups in total. The van der Waals surface area contributed by atoms with Crippen molar-refractivity contribution >= 4 is 29.2 Å². The number of benzene rings is 2. The average Bonchev–Trinajstić information content (AvgIpc) is 2.93. The summed E-state index contributed by atoms with van der Waals surface area (Å²) in [7, 11) is 1.26. The van der Waals surface area contributed by atoms with Gasteiger partial charge in [0.2, 0.25) is 11.8 Å². The first kappa shape index (κ1) is 17.6. The minimum absolute atomic E-state index is 0.261. The summed E-state index contributed by atoms with van der Waals surface area (Å²) in [6.45, 7) is 2.19. The Bertz CT molecular complexity index is 880. The molecule has 0 fully saturated rings. The third-order valence-corrected chi connectivity index (χ3v) is 4.25. The van der Waals surface area contributed by atoms with Crippen LogP contribution in [0.2, 0.25) is 0 Å². The van der Waals surface area contributed by atoms with Crippen molar-refractivity contribution in [3.8, 4) is 0 Å². The Labute approximate surface area is 149 Å². The van der Waals surface area contributed by atoms with Crippen LogP contribution in [0.5, 0.6) is 0 Å². The number of fused-ring (bicyclic) bond motifs is 1. The maximum absolute atomic E-state index is 13.0. The lowest BCUT2D eigenvalue weighted by molar-refractivity contribution is -0.126. The molecule has 6 nitrogen and oxygen atoms in total. The van der Waals surface area contributed by atoms with Gasteiger partial charge in [-0.3, -0.25) is 9.59 Å². The lowest BCUT2D eigenvalue weighted by Crippen LogP contribution is -2.33. The predicted molar refractivity (Wildman–Crippen MR) is 93.6 cm³/mol. The number of halogens is 1. The minimum atomic E-state index is -1.08. The average molecular weight is 356 g/mol. The third-order valence-electron chi connectivity index (χ3n) is 4.25. The highest BCUT2D eigenvalue weighted by Crippen LogP contribution is 2.38. The lowest BCUT2D eigenvalue weighted by atomic mass is 9.97. The van der Waals surface area contributed by atoms with Gasteiger partial charge in [0.25, 0.3) is 0 Å². The number of nitrogens with zero attached hydrogens (tertiary/aromatic N) is 1. The molecule has 0 radical (unpaired) electrons. The van der Waals surface area contributed by atoms with Crippen LogP contribution in [-0.4, -0.2) is 31.4 Å². The van der Waals surface area contributed by atoms with Gasteiger partial charge < -0.3 is 15.0 Å². The van der Waals surface area contributed by atoms with Crippen LogP contribution in [0.15, 0.2) is 42.5 Å². The van der Waals surface area contributed by atoms with Gasteiger partial charge in [-0.2, -0.15) is 0 Å². The quantitative estimate of drug-likeness (QED) is 0.675. The number of esters is 1. The molecule has 3 rings (SSSR count). The molecule has 0 spiro atoms. The van der Waals surface area contributed by atoms with Crippen molar-refractivity contribution in [2.45, 2.75) is 12.8 Å². The molecular weight excluding hydrogens is 339 g/mol. The van der Waals surface area contributed by atoms with Crippen molar-refractivity contribution in [2.24, 2.45) is 0 Å². The topological polar surface area (TPSA) is 75.7 Å². The van der Waals surface area contributed by atoms with E-state index in [2.05, 4.69) is 5.32 Å². The highest BCUT2D eigenvalue weighted by atomic mass is 19.1. The molecule has 0 saturated heterocycles. The number of rotatable bonds is 4. The lowest BCUT2D eigenvalue weighted by Gasteiger charge is -2.15. The van der Waals surface area contributed by atoms with E-state index in [9.17, 15) is 18.8 Å². The van der Waals surface area contributed by atoms with E-state index in [4.69, 9.17) is 4.74 Å². The first-order valence-electron chi connectivity index (χ1n) is 8.06. The first-order valence-corrected chi connectivity index (χ1v) is 8.06. The second-order valence-electron chi connectivity index (χ2n) is 5.78. The van der Waals surface area contributed by atoms with Gasteiger partial charge in [0.05, 0.1) is 12.7 Å². The number of carbonyl (C=O) groups excluding carboxylic acids is 3. The molecule has 134 valence electrons. The van der Waals surface area contributed by atoms with E-state index in [1.807, 2.05) is 0 Å². The van der Waals surface area contributed by atoms with Crippen LogP contribution >= 0.6 is 0 Å². The van der Waals surface area contributed by atoms with Crippen LogP contribution in [0, 0.1) is 5.82 Å². The number of likely N-dealkylation sites (N-methyl/N-ethyl adjacent to an activating group) is 1. The second-order valence-corrected chi connectivity index (χ2v) is 5.78. The number of carbonyl (C=O) groups is 3. The van der Waals surface area contributed by atoms with Crippen molar-refractivity contribution in [1.29, 1.82) is 0 Å². The summed E-state index contributed by atoms with van der Waals surface area (Å²) < 4.78 is 17.7. The summed E-state index contributed by atoms with van der Waals surface area (Å²) in [5.74, 6) is -2.97. The predicted octanol–water partition coefficient (Wildman–Crippen LogP) is 2.70. The van der Waals surface area contributed by atoms with Gasteiger partial charge in [0, 0.05) is 17.9 Å². The van der Waals surface area contributed by atoms with Gasteiger partial charge in [0.1, 0.15) is 11.7 Å². The molecule has 1 heterocycles. The molecule has 1 aliphatic heterocycles. The Hall–Kier alpha value is -3.22. The normalized spacial score (nSPS) is 15.6. The molecular formula is C19H17FN2O4. The van der Waals surface area contributed by atoms with Crippen molar-refractivity contribution in [1.82, 2.24) is 0 Å². The summed E-state index contributed by atoms with van der Waals surface area (Å²) >= 11 is 0. The molecule has 2 amide bonds. The number of ether oxygens (including phenoxy) is 1. The van der Waals surface area contributed by atoms with Crippen LogP contribution in [0.25, 0.3) is 0 Å². The Morgan fingerprint density at radius 1 is 1.19 bits per heavy atom. The summed E-state index contributed by atoms with van der Waals surface area (Å²) in [6, 6.07) is 9.95. The number of hydrogen-bond donors (Lipinski definition) is 1. The standard InChI is InChI=1S/C19H17FN2O4/c1-3-22-15-9-4-11(19(25)26-2)10-14(15)16(18(22)24)17(23)21-13-7-5-12(20)6-8-13/h4-10,16H,3H2,1-2H3,(H,21,23). The molecule has 0 saturated carbocycles. The van der Waals surface area contributed by atoms with Gasteiger partial charge in [0.15, 0.2) is 0 Å². The van der Waals surface area contributed by atoms with Crippen LogP contribution in [0.1, 0.15) is 28.8 Å². The molecule has 1 aliphatic rings. The van der Waals surface area contributed by atoms with Crippen molar-refractivity contribution in [3.63, 3.8) is 0 Å². The summed E-state index contributed by atoms with van der Waals surface area (Å²) in [5, 5.41) is 2.62. The van der Waals surface area contributed by atoms with Gasteiger partial charge >= 0.3 is 5.97 Å². The fourth-order valence-electron chi connectivity index (χ4n) is 3.01. The number of methoxy groups -OCH3 is 1. The molecule has 0 aliphatic carbocycles. The van der Waals surface area contributed by atoms with Crippen LogP contribution in [-0.2, 0) is 14.3 Å². The zero-order chi connectivity index (χ0) is 18.8. The maximum atomic E-state index is 13.0. The fourth-order valence-corrected chi connectivity index (χ4v) is 3.01. The molecule has 1 atom stereocenters. The van der Waals surface area contributed by atoms with Crippen molar-refractivity contribution < 1.29 is 23.5 Å². The smallest absolute Gasteiger partial charge is 0.337 e. The van der Waals surface area contributed by atoms with Crippen molar-refractivity contribution in [2.75, 3.05) is 23.9 Å². The van der Waals surface area contributed by atoms with Crippen LogP contribution < -0.4 is 10.2 Å². The number of hydrogen-bond acceptors (Lipinski definition) is 4. The Morgan fingerprint density at radius 3 is 2.50 bits per heavy atom. The summed E-state index contributed by atoms with van der Waals surface area (Å²) in [5.41, 5.74) is 1.67. The molecule has 0 aromatic heterocycles. The molecule has 26 heavy (non-hydrogen) atoms. The van der Waals surface area contributed by atoms with E-state index in [0.717, 1.165) is 0 Å². The maximum Gasteiger partial charge on any atom is 0.337 e. The summed E-state index contributed by atoms with van der Waals surface area (Å²) in [4.78, 5) is 38.7. The highest BCUT2D eigenvalue weighted by molar-refractivity contribution is 6.20. The van der Waals surface area contributed by atoms with E-state index in [1.165, 1.54) is 42.3 Å². The number of amides is 2. The zero-order valence-corrected chi connectivity index (χ0v) is 14.3.